The number of hydrogen-bond acceptors (Lipinski definition) is 5. The molecule has 3 aromatic carbocycles. The van der Waals surface area contributed by atoms with Crippen LogP contribution in [0.15, 0.2) is 59.1 Å². The van der Waals surface area contributed by atoms with Crippen LogP contribution in [0.3, 0.4) is 0 Å². The van der Waals surface area contributed by atoms with Crippen molar-refractivity contribution in [2.45, 2.75) is 20.1 Å². The molecule has 3 aromatic rings. The van der Waals surface area contributed by atoms with Crippen molar-refractivity contribution in [2.24, 2.45) is 0 Å². The van der Waals surface area contributed by atoms with Gasteiger partial charge in [0.15, 0.2) is 23.0 Å². The lowest BCUT2D eigenvalue weighted by atomic mass is 10.2. The van der Waals surface area contributed by atoms with Crippen LogP contribution >= 0.6 is 15.9 Å². The summed E-state index contributed by atoms with van der Waals surface area (Å²) < 4.78 is 36.4. The maximum absolute atomic E-state index is 13.1. The summed E-state index contributed by atoms with van der Waals surface area (Å²) in [5, 5.41) is 3.38. The zero-order chi connectivity index (χ0) is 20.9. The first-order chi connectivity index (χ1) is 14.6. The van der Waals surface area contributed by atoms with Gasteiger partial charge < -0.3 is 24.3 Å². The van der Waals surface area contributed by atoms with Crippen molar-refractivity contribution in [2.75, 3.05) is 18.7 Å². The second kappa shape index (κ2) is 9.26. The average Bonchev–Trinajstić information content (AvgIpc) is 3.21. The Bertz CT molecular complexity index is 1030. The topological polar surface area (TPSA) is 49.0 Å². The minimum Gasteiger partial charge on any atom is -0.490 e. The van der Waals surface area contributed by atoms with Gasteiger partial charge in [0, 0.05) is 18.3 Å². The maximum atomic E-state index is 13.1. The molecule has 0 saturated carbocycles. The van der Waals surface area contributed by atoms with Gasteiger partial charge >= 0.3 is 0 Å². The molecule has 0 atom stereocenters. The third-order valence-electron chi connectivity index (χ3n) is 4.53. The highest BCUT2D eigenvalue weighted by molar-refractivity contribution is 9.10. The smallest absolute Gasteiger partial charge is 0.231 e. The third kappa shape index (κ3) is 4.79. The molecule has 5 nitrogen and oxygen atoms in total. The van der Waals surface area contributed by atoms with Gasteiger partial charge in [0.2, 0.25) is 6.79 Å². The fraction of sp³-hybridized carbons (Fsp3) is 0.217. The van der Waals surface area contributed by atoms with Crippen LogP contribution in [0.2, 0.25) is 0 Å². The van der Waals surface area contributed by atoms with Gasteiger partial charge in [-0.2, -0.15) is 0 Å². The van der Waals surface area contributed by atoms with E-state index >= 15 is 0 Å². The highest BCUT2D eigenvalue weighted by atomic mass is 79.9. The van der Waals surface area contributed by atoms with E-state index in [-0.39, 0.29) is 12.6 Å². The SMILES string of the molecule is CCOc1cc(CNc2ccc3c(c2)OCO3)cc(Br)c1OCc1ccc(F)cc1. The summed E-state index contributed by atoms with van der Waals surface area (Å²) in [7, 11) is 0. The number of anilines is 1. The third-order valence-corrected chi connectivity index (χ3v) is 5.12. The number of rotatable bonds is 8. The van der Waals surface area contributed by atoms with Crippen LogP contribution in [-0.2, 0) is 13.2 Å². The van der Waals surface area contributed by atoms with E-state index in [9.17, 15) is 4.39 Å². The summed E-state index contributed by atoms with van der Waals surface area (Å²) in [4.78, 5) is 0. The van der Waals surface area contributed by atoms with Crippen LogP contribution in [0.4, 0.5) is 10.1 Å². The normalized spacial score (nSPS) is 12.0. The Balaban J connectivity index is 1.47. The molecule has 7 heteroatoms. The number of halogens is 2. The van der Waals surface area contributed by atoms with E-state index in [1.165, 1.54) is 12.1 Å². The summed E-state index contributed by atoms with van der Waals surface area (Å²) in [5.74, 6) is 2.49. The maximum Gasteiger partial charge on any atom is 0.231 e. The minimum atomic E-state index is -0.269. The molecule has 0 amide bonds. The molecule has 0 bridgehead atoms. The molecule has 1 N–H and O–H groups in total. The fourth-order valence-electron chi connectivity index (χ4n) is 3.07. The van der Waals surface area contributed by atoms with E-state index in [0.29, 0.717) is 31.3 Å². The molecule has 0 radical (unpaired) electrons. The zero-order valence-electron chi connectivity index (χ0n) is 16.4. The van der Waals surface area contributed by atoms with Crippen molar-refractivity contribution in [1.29, 1.82) is 0 Å². The molecule has 1 aliphatic heterocycles. The lowest BCUT2D eigenvalue weighted by Crippen LogP contribution is -2.04. The average molecular weight is 474 g/mol. The van der Waals surface area contributed by atoms with E-state index in [0.717, 1.165) is 32.8 Å². The first-order valence-electron chi connectivity index (χ1n) is 9.58. The molecule has 156 valence electrons. The molecule has 1 aliphatic rings. The Labute approximate surface area is 182 Å². The zero-order valence-corrected chi connectivity index (χ0v) is 18.0. The Hall–Kier alpha value is -2.93. The largest absolute Gasteiger partial charge is 0.490 e. The molecular weight excluding hydrogens is 453 g/mol. The van der Waals surface area contributed by atoms with Crippen LogP contribution in [-0.4, -0.2) is 13.4 Å². The number of hydrogen-bond donors (Lipinski definition) is 1. The van der Waals surface area contributed by atoms with Crippen LogP contribution < -0.4 is 24.3 Å². The summed E-state index contributed by atoms with van der Waals surface area (Å²) in [6.45, 7) is 3.60. The van der Waals surface area contributed by atoms with E-state index in [1.807, 2.05) is 37.3 Å². The minimum absolute atomic E-state index is 0.253. The van der Waals surface area contributed by atoms with Crippen LogP contribution in [0.1, 0.15) is 18.1 Å². The van der Waals surface area contributed by atoms with Gasteiger partial charge in [0.05, 0.1) is 11.1 Å². The van der Waals surface area contributed by atoms with E-state index in [1.54, 1.807) is 12.1 Å². The summed E-state index contributed by atoms with van der Waals surface area (Å²) >= 11 is 3.59. The van der Waals surface area contributed by atoms with Gasteiger partial charge in [-0.15, -0.1) is 0 Å². The molecule has 0 fully saturated rings. The summed E-state index contributed by atoms with van der Waals surface area (Å²) in [6, 6.07) is 15.9. The lowest BCUT2D eigenvalue weighted by molar-refractivity contribution is 0.174. The Morgan fingerprint density at radius 1 is 0.967 bits per heavy atom. The highest BCUT2D eigenvalue weighted by Crippen LogP contribution is 2.38. The van der Waals surface area contributed by atoms with E-state index in [2.05, 4.69) is 21.2 Å². The summed E-state index contributed by atoms with van der Waals surface area (Å²) in [5.41, 5.74) is 2.83. The van der Waals surface area contributed by atoms with Gasteiger partial charge in [-0.25, -0.2) is 4.39 Å². The van der Waals surface area contributed by atoms with Gasteiger partial charge in [0.1, 0.15) is 12.4 Å². The molecule has 1 heterocycles. The van der Waals surface area contributed by atoms with Crippen molar-refractivity contribution in [3.8, 4) is 23.0 Å². The van der Waals surface area contributed by atoms with Crippen LogP contribution in [0.25, 0.3) is 0 Å². The van der Waals surface area contributed by atoms with Crippen molar-refractivity contribution in [3.63, 3.8) is 0 Å². The molecule has 0 unspecified atom stereocenters. The van der Waals surface area contributed by atoms with Crippen LogP contribution in [0, 0.1) is 5.82 Å². The second-order valence-electron chi connectivity index (χ2n) is 6.67. The van der Waals surface area contributed by atoms with Crippen molar-refractivity contribution in [3.05, 3.63) is 76.0 Å². The molecule has 0 saturated heterocycles. The predicted octanol–water partition coefficient (Wildman–Crippen LogP) is 5.91. The Kier molecular flexibility index (Phi) is 6.28. The molecule has 30 heavy (non-hydrogen) atoms. The monoisotopic (exact) mass is 473 g/mol. The van der Waals surface area contributed by atoms with E-state index < -0.39 is 0 Å². The number of nitrogens with one attached hydrogen (secondary N) is 1. The summed E-state index contributed by atoms with van der Waals surface area (Å²) in [6.07, 6.45) is 0. The number of benzene rings is 3. The quantitative estimate of drug-likeness (QED) is 0.440. The molecule has 4 rings (SSSR count). The van der Waals surface area contributed by atoms with E-state index in [4.69, 9.17) is 18.9 Å². The van der Waals surface area contributed by atoms with Crippen molar-refractivity contribution in [1.82, 2.24) is 0 Å². The molecule has 0 aromatic heterocycles. The Morgan fingerprint density at radius 2 is 1.77 bits per heavy atom. The van der Waals surface area contributed by atoms with Gasteiger partial charge in [-0.1, -0.05) is 12.1 Å². The first-order valence-corrected chi connectivity index (χ1v) is 10.4. The Morgan fingerprint density at radius 3 is 2.57 bits per heavy atom. The van der Waals surface area contributed by atoms with Crippen molar-refractivity contribution < 1.29 is 23.3 Å². The van der Waals surface area contributed by atoms with Gasteiger partial charge in [-0.05, 0) is 70.4 Å². The van der Waals surface area contributed by atoms with Gasteiger partial charge in [-0.3, -0.25) is 0 Å². The number of fused-ring (bicyclic) bond motifs is 1. The highest BCUT2D eigenvalue weighted by Gasteiger charge is 2.15. The van der Waals surface area contributed by atoms with Crippen molar-refractivity contribution >= 4 is 21.6 Å². The van der Waals surface area contributed by atoms with Crippen LogP contribution in [0.5, 0.6) is 23.0 Å². The predicted molar refractivity (Wildman–Crippen MR) is 116 cm³/mol. The first kappa shape index (κ1) is 20.3. The van der Waals surface area contributed by atoms with Gasteiger partial charge in [0.25, 0.3) is 0 Å². The standard InChI is InChI=1S/C23H21BrFNO4/c1-2-27-22-10-16(12-26-18-7-8-20-21(11-18)30-14-29-20)9-19(24)23(22)28-13-15-3-5-17(25)6-4-15/h3-11,26H,2,12-14H2,1H3. The fourth-order valence-corrected chi connectivity index (χ4v) is 3.68. The lowest BCUT2D eigenvalue weighted by Gasteiger charge is -2.16. The second-order valence-corrected chi connectivity index (χ2v) is 7.53. The molecule has 0 spiro atoms. The molecular formula is C23H21BrFNO4. The molecule has 0 aliphatic carbocycles. The number of ether oxygens (including phenoxy) is 4.